The van der Waals surface area contributed by atoms with Crippen molar-refractivity contribution >= 4 is 10.1 Å². The van der Waals surface area contributed by atoms with Gasteiger partial charge in [-0.05, 0) is 6.92 Å². The van der Waals surface area contributed by atoms with E-state index in [1.165, 1.54) is 6.92 Å². The van der Waals surface area contributed by atoms with E-state index in [-0.39, 0.29) is 13.2 Å². The minimum atomic E-state index is -4.23. The van der Waals surface area contributed by atoms with E-state index in [9.17, 15) is 13.5 Å². The highest BCUT2D eigenvalue weighted by molar-refractivity contribution is 7.86. The molecule has 1 heterocycles. The second kappa shape index (κ2) is 6.78. The van der Waals surface area contributed by atoms with Gasteiger partial charge in [-0.2, -0.15) is 8.42 Å². The number of aliphatic hydroxyl groups excluding tert-OH is 2. The van der Waals surface area contributed by atoms with E-state index in [2.05, 4.69) is 4.90 Å². The summed E-state index contributed by atoms with van der Waals surface area (Å²) in [6, 6.07) is 0. The van der Waals surface area contributed by atoms with Crippen molar-refractivity contribution in [2.24, 2.45) is 0 Å². The molecular formula is C10H22N2O5S. The monoisotopic (exact) mass is 282 g/mol. The number of nitrogens with zero attached hydrogens (tertiary/aromatic N) is 2. The van der Waals surface area contributed by atoms with Gasteiger partial charge in [-0.1, -0.05) is 0 Å². The van der Waals surface area contributed by atoms with Crippen LogP contribution in [0.25, 0.3) is 0 Å². The molecule has 0 aromatic rings. The molecule has 108 valence electrons. The van der Waals surface area contributed by atoms with Gasteiger partial charge in [0.15, 0.2) is 0 Å². The Morgan fingerprint density at radius 2 is 1.67 bits per heavy atom. The summed E-state index contributed by atoms with van der Waals surface area (Å²) in [5, 5.41) is 17.0. The Morgan fingerprint density at radius 1 is 1.17 bits per heavy atom. The fourth-order valence-electron chi connectivity index (χ4n) is 2.09. The molecule has 2 unspecified atom stereocenters. The molecule has 1 aliphatic heterocycles. The number of β-amino-alcohol motifs (C(OH)–C–C–N with tert-alkyl or cyclic N) is 1. The fraction of sp³-hybridized carbons (Fsp3) is 1.00. The number of hydrogen-bond acceptors (Lipinski definition) is 6. The van der Waals surface area contributed by atoms with Gasteiger partial charge in [0.05, 0.1) is 12.7 Å². The van der Waals surface area contributed by atoms with Crippen LogP contribution in [0.5, 0.6) is 0 Å². The third-order valence-corrected chi connectivity index (χ3v) is 4.55. The summed E-state index contributed by atoms with van der Waals surface area (Å²) < 4.78 is 31.3. The molecule has 0 aliphatic carbocycles. The van der Waals surface area contributed by atoms with Crippen LogP contribution in [0.2, 0.25) is 0 Å². The summed E-state index contributed by atoms with van der Waals surface area (Å²) in [6.45, 7) is 5.05. The molecule has 0 bridgehead atoms. The molecule has 0 radical (unpaired) electrons. The van der Waals surface area contributed by atoms with Gasteiger partial charge in [0, 0.05) is 39.3 Å². The molecule has 0 saturated carbocycles. The first kappa shape index (κ1) is 15.8. The van der Waals surface area contributed by atoms with Crippen molar-refractivity contribution in [3.8, 4) is 0 Å². The van der Waals surface area contributed by atoms with Crippen molar-refractivity contribution in [3.63, 3.8) is 0 Å². The van der Waals surface area contributed by atoms with Gasteiger partial charge in [0.2, 0.25) is 0 Å². The molecule has 3 N–H and O–H groups in total. The molecule has 0 spiro atoms. The maximum absolute atomic E-state index is 11.1. The number of piperazine rings is 1. The Labute approximate surface area is 108 Å². The van der Waals surface area contributed by atoms with Crippen molar-refractivity contribution < 1.29 is 23.2 Å². The van der Waals surface area contributed by atoms with Crippen LogP contribution in [0.15, 0.2) is 0 Å². The van der Waals surface area contributed by atoms with Gasteiger partial charge in [-0.3, -0.25) is 14.4 Å². The van der Waals surface area contributed by atoms with E-state index in [4.69, 9.17) is 9.66 Å². The van der Waals surface area contributed by atoms with E-state index in [1.54, 1.807) is 0 Å². The van der Waals surface area contributed by atoms with Crippen molar-refractivity contribution in [2.45, 2.75) is 18.3 Å². The molecular weight excluding hydrogens is 260 g/mol. The molecule has 0 aromatic carbocycles. The van der Waals surface area contributed by atoms with Crippen molar-refractivity contribution in [1.82, 2.24) is 9.80 Å². The van der Waals surface area contributed by atoms with Crippen LogP contribution >= 0.6 is 0 Å². The third kappa shape index (κ3) is 4.79. The van der Waals surface area contributed by atoms with Crippen molar-refractivity contribution in [2.75, 3.05) is 45.9 Å². The van der Waals surface area contributed by atoms with Crippen LogP contribution in [0.1, 0.15) is 6.92 Å². The predicted octanol–water partition coefficient (Wildman–Crippen LogP) is -1.77. The van der Waals surface area contributed by atoms with Crippen molar-refractivity contribution in [1.29, 1.82) is 0 Å². The minimum Gasteiger partial charge on any atom is -0.395 e. The fourth-order valence-corrected chi connectivity index (χ4v) is 2.98. The molecule has 8 heteroatoms. The normalized spacial score (nSPS) is 22.9. The molecule has 2 atom stereocenters. The highest BCUT2D eigenvalue weighted by atomic mass is 32.2. The summed E-state index contributed by atoms with van der Waals surface area (Å²) in [6.07, 6.45) is -1.10. The van der Waals surface area contributed by atoms with E-state index in [1.807, 2.05) is 4.90 Å². The molecule has 1 aliphatic rings. The zero-order chi connectivity index (χ0) is 13.8. The van der Waals surface area contributed by atoms with Gasteiger partial charge in [0.25, 0.3) is 10.1 Å². The predicted molar refractivity (Wildman–Crippen MR) is 67.0 cm³/mol. The average molecular weight is 282 g/mol. The first-order valence-corrected chi connectivity index (χ1v) is 7.55. The summed E-state index contributed by atoms with van der Waals surface area (Å²) >= 11 is 0. The summed E-state index contributed by atoms with van der Waals surface area (Å²) in [5.41, 5.74) is 0. The number of aliphatic hydroxyl groups is 2. The Hall–Kier alpha value is -0.250. The average Bonchev–Trinajstić information content (AvgIpc) is 2.26. The van der Waals surface area contributed by atoms with Gasteiger partial charge >= 0.3 is 0 Å². The van der Waals surface area contributed by atoms with E-state index in [0.717, 1.165) is 13.1 Å². The Bertz CT molecular complexity index is 338. The lowest BCUT2D eigenvalue weighted by Gasteiger charge is -2.36. The van der Waals surface area contributed by atoms with Crippen LogP contribution in [0.4, 0.5) is 0 Å². The van der Waals surface area contributed by atoms with Gasteiger partial charge < -0.3 is 10.2 Å². The second-order valence-electron chi connectivity index (χ2n) is 4.66. The van der Waals surface area contributed by atoms with Gasteiger partial charge in [0.1, 0.15) is 5.25 Å². The Kier molecular flexibility index (Phi) is 5.96. The maximum atomic E-state index is 11.1. The zero-order valence-corrected chi connectivity index (χ0v) is 11.4. The lowest BCUT2D eigenvalue weighted by molar-refractivity contribution is 0.0967. The first-order valence-electron chi connectivity index (χ1n) is 6.04. The molecule has 1 fully saturated rings. The SMILES string of the molecule is CC(O)C(CN1CCN(CCO)CC1)S(=O)(=O)O. The van der Waals surface area contributed by atoms with Crippen molar-refractivity contribution in [3.05, 3.63) is 0 Å². The third-order valence-electron chi connectivity index (χ3n) is 3.24. The summed E-state index contributed by atoms with van der Waals surface area (Å²) in [4.78, 5) is 3.99. The molecule has 0 amide bonds. The van der Waals surface area contributed by atoms with E-state index < -0.39 is 21.5 Å². The smallest absolute Gasteiger partial charge is 0.271 e. The summed E-state index contributed by atoms with van der Waals surface area (Å²) in [7, 11) is -4.23. The Morgan fingerprint density at radius 3 is 2.06 bits per heavy atom. The van der Waals surface area contributed by atoms with E-state index in [0.29, 0.717) is 19.6 Å². The minimum absolute atomic E-state index is 0.112. The van der Waals surface area contributed by atoms with Crippen LogP contribution in [-0.4, -0.2) is 90.2 Å². The Balaban J connectivity index is 2.48. The van der Waals surface area contributed by atoms with Crippen LogP contribution < -0.4 is 0 Å². The highest BCUT2D eigenvalue weighted by Gasteiger charge is 2.31. The van der Waals surface area contributed by atoms with Crippen LogP contribution in [-0.2, 0) is 10.1 Å². The molecule has 7 nitrogen and oxygen atoms in total. The standard InChI is InChI=1S/C10H22N2O5S/c1-9(14)10(18(15,16)17)8-12-4-2-11(3-5-12)6-7-13/h9-10,13-14H,2-8H2,1H3,(H,15,16,17). The zero-order valence-electron chi connectivity index (χ0n) is 10.6. The number of hydrogen-bond donors (Lipinski definition) is 3. The van der Waals surface area contributed by atoms with Gasteiger partial charge in [-0.25, -0.2) is 0 Å². The topological polar surface area (TPSA) is 101 Å². The largest absolute Gasteiger partial charge is 0.395 e. The first-order chi connectivity index (χ1) is 8.34. The molecule has 1 saturated heterocycles. The van der Waals surface area contributed by atoms with Gasteiger partial charge in [-0.15, -0.1) is 0 Å². The van der Waals surface area contributed by atoms with Crippen LogP contribution in [0, 0.1) is 0 Å². The highest BCUT2D eigenvalue weighted by Crippen LogP contribution is 2.10. The van der Waals surface area contributed by atoms with E-state index >= 15 is 0 Å². The second-order valence-corrected chi connectivity index (χ2v) is 6.30. The summed E-state index contributed by atoms with van der Waals surface area (Å²) in [5.74, 6) is 0. The molecule has 18 heavy (non-hydrogen) atoms. The maximum Gasteiger partial charge on any atom is 0.271 e. The molecule has 0 aromatic heterocycles. The lowest BCUT2D eigenvalue weighted by atomic mass is 10.2. The van der Waals surface area contributed by atoms with Crippen LogP contribution in [0.3, 0.4) is 0 Å². The lowest BCUT2D eigenvalue weighted by Crippen LogP contribution is -2.51. The quantitative estimate of drug-likeness (QED) is 0.496. The molecule has 1 rings (SSSR count). The number of rotatable bonds is 6.